The zero-order valence-electron chi connectivity index (χ0n) is 13.9. The molecule has 118 valence electrons. The van der Waals surface area contributed by atoms with Gasteiger partial charge in [0, 0.05) is 24.8 Å². The number of hydrogen-bond donors (Lipinski definition) is 2. The zero-order valence-corrected chi connectivity index (χ0v) is 13.9. The van der Waals surface area contributed by atoms with Crippen LogP contribution in [0.2, 0.25) is 0 Å². The van der Waals surface area contributed by atoms with Gasteiger partial charge in [-0.05, 0) is 39.5 Å². The Morgan fingerprint density at radius 3 is 2.67 bits per heavy atom. The van der Waals surface area contributed by atoms with E-state index in [0.717, 1.165) is 37.6 Å². The molecule has 0 bridgehead atoms. The van der Waals surface area contributed by atoms with Crippen LogP contribution in [-0.4, -0.2) is 34.8 Å². The van der Waals surface area contributed by atoms with E-state index in [0.29, 0.717) is 12.0 Å². The predicted molar refractivity (Wildman–Crippen MR) is 87.0 cm³/mol. The summed E-state index contributed by atoms with van der Waals surface area (Å²) in [5.41, 5.74) is 1.11. The van der Waals surface area contributed by atoms with Crippen molar-refractivity contribution in [3.8, 4) is 0 Å². The largest absolute Gasteiger partial charge is 0.375 e. The SMILES string of the molecule is CCNc1ncnc(NC2CCOC(C)(C)C2)c1C(C)C. The second kappa shape index (κ2) is 6.60. The molecule has 1 aliphatic rings. The van der Waals surface area contributed by atoms with Gasteiger partial charge in [0.15, 0.2) is 0 Å². The van der Waals surface area contributed by atoms with Gasteiger partial charge in [0.05, 0.1) is 5.60 Å². The van der Waals surface area contributed by atoms with Gasteiger partial charge in [-0.15, -0.1) is 0 Å². The molecule has 0 saturated carbocycles. The number of anilines is 2. The van der Waals surface area contributed by atoms with Gasteiger partial charge in [0.1, 0.15) is 18.0 Å². The number of hydrogen-bond acceptors (Lipinski definition) is 5. The summed E-state index contributed by atoms with van der Waals surface area (Å²) in [5.74, 6) is 2.27. The third-order valence-corrected chi connectivity index (χ3v) is 3.84. The van der Waals surface area contributed by atoms with E-state index >= 15 is 0 Å². The minimum atomic E-state index is -0.0640. The lowest BCUT2D eigenvalue weighted by molar-refractivity contribution is -0.0553. The standard InChI is InChI=1S/C16H28N4O/c1-6-17-14-13(11(2)3)15(19-10-18-14)20-12-7-8-21-16(4,5)9-12/h10-12H,6-9H2,1-5H3,(H2,17,18,19,20). The van der Waals surface area contributed by atoms with Crippen LogP contribution in [0.1, 0.15) is 58.9 Å². The monoisotopic (exact) mass is 292 g/mol. The molecule has 2 N–H and O–H groups in total. The normalized spacial score (nSPS) is 21.3. The maximum Gasteiger partial charge on any atom is 0.135 e. The van der Waals surface area contributed by atoms with Crippen LogP contribution in [0.5, 0.6) is 0 Å². The number of aromatic nitrogens is 2. The van der Waals surface area contributed by atoms with E-state index in [1.165, 1.54) is 5.56 Å². The first-order valence-corrected chi connectivity index (χ1v) is 7.92. The lowest BCUT2D eigenvalue weighted by Crippen LogP contribution is -2.40. The fraction of sp³-hybridized carbons (Fsp3) is 0.750. The highest BCUT2D eigenvalue weighted by Crippen LogP contribution is 2.31. The molecule has 1 atom stereocenters. The summed E-state index contributed by atoms with van der Waals surface area (Å²) in [5, 5.41) is 6.95. The Labute approximate surface area is 127 Å². The van der Waals surface area contributed by atoms with E-state index in [2.05, 4.69) is 55.2 Å². The van der Waals surface area contributed by atoms with Crippen LogP contribution in [0.4, 0.5) is 11.6 Å². The van der Waals surface area contributed by atoms with Gasteiger partial charge in [0.25, 0.3) is 0 Å². The molecule has 1 unspecified atom stereocenters. The van der Waals surface area contributed by atoms with E-state index in [1.807, 2.05) is 0 Å². The summed E-state index contributed by atoms with van der Waals surface area (Å²) in [6.07, 6.45) is 3.64. The molecular formula is C16H28N4O. The second-order valence-electron chi connectivity index (χ2n) is 6.61. The Balaban J connectivity index is 2.21. The molecule has 21 heavy (non-hydrogen) atoms. The molecule has 1 aromatic heterocycles. The quantitative estimate of drug-likeness (QED) is 0.871. The van der Waals surface area contributed by atoms with E-state index in [-0.39, 0.29) is 5.60 Å². The first-order valence-electron chi connectivity index (χ1n) is 7.92. The van der Waals surface area contributed by atoms with E-state index in [1.54, 1.807) is 6.33 Å². The fourth-order valence-corrected chi connectivity index (χ4v) is 2.91. The van der Waals surface area contributed by atoms with Gasteiger partial charge in [0.2, 0.25) is 0 Å². The summed E-state index contributed by atoms with van der Waals surface area (Å²) >= 11 is 0. The Bertz CT molecular complexity index is 473. The van der Waals surface area contributed by atoms with Crippen molar-refractivity contribution < 1.29 is 4.74 Å². The smallest absolute Gasteiger partial charge is 0.135 e. The first kappa shape index (κ1) is 16.0. The molecule has 0 amide bonds. The van der Waals surface area contributed by atoms with Gasteiger partial charge in [-0.1, -0.05) is 13.8 Å². The average molecular weight is 292 g/mol. The number of nitrogens with zero attached hydrogens (tertiary/aromatic N) is 2. The maximum absolute atomic E-state index is 5.79. The van der Waals surface area contributed by atoms with Crippen molar-refractivity contribution in [1.82, 2.24) is 9.97 Å². The van der Waals surface area contributed by atoms with E-state index in [9.17, 15) is 0 Å². The molecule has 0 spiro atoms. The van der Waals surface area contributed by atoms with Crippen molar-refractivity contribution in [3.63, 3.8) is 0 Å². The van der Waals surface area contributed by atoms with Crippen molar-refractivity contribution in [2.45, 2.75) is 65.0 Å². The van der Waals surface area contributed by atoms with Crippen LogP contribution in [0.25, 0.3) is 0 Å². The van der Waals surface area contributed by atoms with Crippen LogP contribution in [0.15, 0.2) is 6.33 Å². The number of ether oxygens (including phenoxy) is 1. The Morgan fingerprint density at radius 2 is 2.05 bits per heavy atom. The highest BCUT2D eigenvalue weighted by atomic mass is 16.5. The van der Waals surface area contributed by atoms with Crippen molar-refractivity contribution >= 4 is 11.6 Å². The third-order valence-electron chi connectivity index (χ3n) is 3.84. The molecule has 0 aromatic carbocycles. The molecule has 1 aromatic rings. The van der Waals surface area contributed by atoms with Crippen LogP contribution in [0, 0.1) is 0 Å². The molecule has 2 heterocycles. The van der Waals surface area contributed by atoms with Crippen LogP contribution < -0.4 is 10.6 Å². The first-order chi connectivity index (χ1) is 9.93. The molecule has 1 aliphatic heterocycles. The minimum Gasteiger partial charge on any atom is -0.375 e. The number of nitrogens with one attached hydrogen (secondary N) is 2. The highest BCUT2D eigenvalue weighted by Gasteiger charge is 2.29. The maximum atomic E-state index is 5.79. The number of rotatable bonds is 5. The summed E-state index contributed by atoms with van der Waals surface area (Å²) in [4.78, 5) is 8.87. The van der Waals surface area contributed by atoms with Crippen LogP contribution in [0.3, 0.4) is 0 Å². The van der Waals surface area contributed by atoms with E-state index < -0.39 is 0 Å². The van der Waals surface area contributed by atoms with Crippen LogP contribution in [-0.2, 0) is 4.74 Å². The van der Waals surface area contributed by atoms with Crippen molar-refractivity contribution in [3.05, 3.63) is 11.9 Å². The third kappa shape index (κ3) is 4.06. The molecule has 5 heteroatoms. The summed E-state index contributed by atoms with van der Waals surface area (Å²) in [7, 11) is 0. The lowest BCUT2D eigenvalue weighted by atomic mass is 9.93. The molecule has 2 rings (SSSR count). The fourth-order valence-electron chi connectivity index (χ4n) is 2.91. The molecule has 5 nitrogen and oxygen atoms in total. The zero-order chi connectivity index (χ0) is 15.5. The minimum absolute atomic E-state index is 0.0640. The predicted octanol–water partition coefficient (Wildman–Crippen LogP) is 3.40. The van der Waals surface area contributed by atoms with Gasteiger partial charge in [-0.25, -0.2) is 9.97 Å². The topological polar surface area (TPSA) is 59.1 Å². The van der Waals surface area contributed by atoms with Crippen molar-refractivity contribution in [2.75, 3.05) is 23.8 Å². The van der Waals surface area contributed by atoms with Gasteiger partial charge >= 0.3 is 0 Å². The van der Waals surface area contributed by atoms with Crippen molar-refractivity contribution in [1.29, 1.82) is 0 Å². The molecule has 0 aliphatic carbocycles. The van der Waals surface area contributed by atoms with Gasteiger partial charge in [-0.2, -0.15) is 0 Å². The Kier molecular flexibility index (Phi) is 5.04. The highest BCUT2D eigenvalue weighted by molar-refractivity contribution is 5.59. The van der Waals surface area contributed by atoms with Crippen molar-refractivity contribution in [2.24, 2.45) is 0 Å². The summed E-state index contributed by atoms with van der Waals surface area (Å²) in [6, 6.07) is 0.399. The molecule has 1 saturated heterocycles. The summed E-state index contributed by atoms with van der Waals surface area (Å²) in [6.45, 7) is 12.4. The second-order valence-corrected chi connectivity index (χ2v) is 6.61. The van der Waals surface area contributed by atoms with Gasteiger partial charge in [-0.3, -0.25) is 0 Å². The Hall–Kier alpha value is -1.36. The Morgan fingerprint density at radius 1 is 1.33 bits per heavy atom. The van der Waals surface area contributed by atoms with Crippen LogP contribution >= 0.6 is 0 Å². The van der Waals surface area contributed by atoms with Gasteiger partial charge < -0.3 is 15.4 Å². The molecule has 1 fully saturated rings. The van der Waals surface area contributed by atoms with E-state index in [4.69, 9.17) is 4.74 Å². The average Bonchev–Trinajstić information content (AvgIpc) is 2.37. The molecular weight excluding hydrogens is 264 g/mol. The summed E-state index contributed by atoms with van der Waals surface area (Å²) < 4.78 is 5.79. The molecule has 0 radical (unpaired) electrons. The lowest BCUT2D eigenvalue weighted by Gasteiger charge is -2.36.